The van der Waals surface area contributed by atoms with Gasteiger partial charge in [0.15, 0.2) is 0 Å². The van der Waals surface area contributed by atoms with E-state index < -0.39 is 17.8 Å². The van der Waals surface area contributed by atoms with Crippen LogP contribution in [0, 0.1) is 6.92 Å². The van der Waals surface area contributed by atoms with Crippen LogP contribution in [0.5, 0.6) is 5.75 Å². The van der Waals surface area contributed by atoms with Crippen molar-refractivity contribution in [2.45, 2.75) is 38.3 Å². The molecule has 2 aromatic rings. The molecule has 1 aliphatic rings. The van der Waals surface area contributed by atoms with E-state index >= 15 is 0 Å². The van der Waals surface area contributed by atoms with Crippen LogP contribution >= 0.6 is 0 Å². The lowest BCUT2D eigenvalue weighted by atomic mass is 9.74. The minimum Gasteiger partial charge on any atom is -0.494 e. The summed E-state index contributed by atoms with van der Waals surface area (Å²) >= 11 is 0. The Labute approximate surface area is 173 Å². The van der Waals surface area contributed by atoms with Crippen molar-refractivity contribution in [3.63, 3.8) is 0 Å². The van der Waals surface area contributed by atoms with Crippen LogP contribution in [0.2, 0.25) is 0 Å². The predicted octanol–water partition coefficient (Wildman–Crippen LogP) is 4.29. The molecule has 0 saturated carbocycles. The third-order valence-corrected chi connectivity index (χ3v) is 5.44. The summed E-state index contributed by atoms with van der Waals surface area (Å²) < 4.78 is 49.5. The number of hydrogen-bond acceptors (Lipinski definition) is 4. The molecule has 0 unspecified atom stereocenters. The molecule has 30 heavy (non-hydrogen) atoms. The number of halogens is 3. The van der Waals surface area contributed by atoms with Crippen molar-refractivity contribution in [1.29, 1.82) is 0 Å². The van der Waals surface area contributed by atoms with E-state index in [1.54, 1.807) is 0 Å². The Hall–Kier alpha value is -2.61. The van der Waals surface area contributed by atoms with Gasteiger partial charge < -0.3 is 14.8 Å². The van der Waals surface area contributed by atoms with E-state index in [4.69, 9.17) is 9.47 Å². The second-order valence-corrected chi connectivity index (χ2v) is 7.36. The molecule has 1 aromatic carbocycles. The highest BCUT2D eigenvalue weighted by atomic mass is 19.4. The molecule has 0 aliphatic carbocycles. The van der Waals surface area contributed by atoms with Crippen molar-refractivity contribution in [2.24, 2.45) is 0 Å². The molecule has 3 rings (SSSR count). The molecule has 0 spiro atoms. The molecular formula is C22H25F3N2O3. The molecular weight excluding hydrogens is 397 g/mol. The Morgan fingerprint density at radius 2 is 1.83 bits per heavy atom. The number of nitrogens with one attached hydrogen (secondary N) is 1. The van der Waals surface area contributed by atoms with Crippen molar-refractivity contribution < 1.29 is 27.4 Å². The lowest BCUT2D eigenvalue weighted by molar-refractivity contribution is -0.141. The standard InChI is InChI=1S/C22H25F3N2O3/c1-3-30-17-6-4-16(5-7-17)21(10-12-29-13-11-21)14-26-20(28)18-8-9-19(22(23,24)25)27-15(18)2/h4-9H,3,10-14H2,1-2H3,(H,26,28). The normalized spacial score (nSPS) is 16.2. The summed E-state index contributed by atoms with van der Waals surface area (Å²) in [5.41, 5.74) is -0.0729. The van der Waals surface area contributed by atoms with Crippen LogP contribution in [0.4, 0.5) is 13.2 Å². The monoisotopic (exact) mass is 422 g/mol. The zero-order valence-electron chi connectivity index (χ0n) is 17.0. The van der Waals surface area contributed by atoms with Gasteiger partial charge in [0.1, 0.15) is 11.4 Å². The Balaban J connectivity index is 1.77. The van der Waals surface area contributed by atoms with Gasteiger partial charge in [0.25, 0.3) is 5.91 Å². The minimum absolute atomic E-state index is 0.0458. The van der Waals surface area contributed by atoms with Crippen molar-refractivity contribution >= 4 is 5.91 Å². The van der Waals surface area contributed by atoms with Crippen LogP contribution in [-0.2, 0) is 16.3 Å². The molecule has 1 N–H and O–H groups in total. The largest absolute Gasteiger partial charge is 0.494 e. The second-order valence-electron chi connectivity index (χ2n) is 7.36. The number of aryl methyl sites for hydroxylation is 1. The average Bonchev–Trinajstić information content (AvgIpc) is 2.73. The van der Waals surface area contributed by atoms with E-state index in [9.17, 15) is 18.0 Å². The van der Waals surface area contributed by atoms with Gasteiger partial charge in [0.2, 0.25) is 0 Å². The summed E-state index contributed by atoms with van der Waals surface area (Å²) in [4.78, 5) is 16.2. The molecule has 1 saturated heterocycles. The number of ether oxygens (including phenoxy) is 2. The van der Waals surface area contributed by atoms with Gasteiger partial charge in [0.05, 0.1) is 17.9 Å². The van der Waals surface area contributed by atoms with Crippen LogP contribution in [0.25, 0.3) is 0 Å². The van der Waals surface area contributed by atoms with Gasteiger partial charge >= 0.3 is 6.18 Å². The number of alkyl halides is 3. The lowest BCUT2D eigenvalue weighted by Crippen LogP contribution is -2.44. The third-order valence-electron chi connectivity index (χ3n) is 5.44. The fourth-order valence-corrected chi connectivity index (χ4v) is 3.70. The van der Waals surface area contributed by atoms with Gasteiger partial charge in [-0.15, -0.1) is 0 Å². The Morgan fingerprint density at radius 3 is 2.40 bits per heavy atom. The van der Waals surface area contributed by atoms with Crippen molar-refractivity contribution in [3.8, 4) is 5.75 Å². The zero-order chi connectivity index (χ0) is 21.8. The molecule has 0 bridgehead atoms. The number of pyridine rings is 1. The topological polar surface area (TPSA) is 60.5 Å². The number of carbonyl (C=O) groups is 1. The third kappa shape index (κ3) is 4.92. The molecule has 162 valence electrons. The summed E-state index contributed by atoms with van der Waals surface area (Å²) in [6.07, 6.45) is -3.09. The van der Waals surface area contributed by atoms with Crippen LogP contribution in [0.1, 0.15) is 47.1 Å². The van der Waals surface area contributed by atoms with Crippen molar-refractivity contribution in [3.05, 3.63) is 58.9 Å². The maximum Gasteiger partial charge on any atom is 0.433 e. The molecule has 1 aromatic heterocycles. The number of hydrogen-bond donors (Lipinski definition) is 1. The first-order valence-corrected chi connectivity index (χ1v) is 9.89. The zero-order valence-corrected chi connectivity index (χ0v) is 17.0. The summed E-state index contributed by atoms with van der Waals surface area (Å²) in [6, 6.07) is 9.80. The van der Waals surface area contributed by atoms with Gasteiger partial charge in [-0.25, -0.2) is 4.98 Å². The van der Waals surface area contributed by atoms with Gasteiger partial charge in [-0.1, -0.05) is 12.1 Å². The molecule has 1 fully saturated rings. The molecule has 2 heterocycles. The Kier molecular flexibility index (Phi) is 6.65. The smallest absolute Gasteiger partial charge is 0.433 e. The van der Waals surface area contributed by atoms with Gasteiger partial charge in [-0.3, -0.25) is 4.79 Å². The van der Waals surface area contributed by atoms with E-state index in [0.29, 0.717) is 26.4 Å². The van der Waals surface area contributed by atoms with Gasteiger partial charge in [0, 0.05) is 25.2 Å². The molecule has 0 atom stereocenters. The van der Waals surface area contributed by atoms with Crippen LogP contribution in [0.3, 0.4) is 0 Å². The highest BCUT2D eigenvalue weighted by molar-refractivity contribution is 5.95. The Morgan fingerprint density at radius 1 is 1.17 bits per heavy atom. The first-order chi connectivity index (χ1) is 14.2. The van der Waals surface area contributed by atoms with E-state index in [-0.39, 0.29) is 16.7 Å². The van der Waals surface area contributed by atoms with Crippen LogP contribution in [-0.4, -0.2) is 37.3 Å². The highest BCUT2D eigenvalue weighted by Crippen LogP contribution is 2.35. The quantitative estimate of drug-likeness (QED) is 0.755. The lowest BCUT2D eigenvalue weighted by Gasteiger charge is -2.38. The molecule has 5 nitrogen and oxygen atoms in total. The summed E-state index contributed by atoms with van der Waals surface area (Å²) in [5.74, 6) is 0.337. The maximum absolute atomic E-state index is 12.8. The first-order valence-electron chi connectivity index (χ1n) is 9.89. The number of carbonyl (C=O) groups excluding carboxylic acids is 1. The maximum atomic E-state index is 12.8. The SMILES string of the molecule is CCOc1ccc(C2(CNC(=O)c3ccc(C(F)(F)F)nc3C)CCOCC2)cc1. The molecule has 1 amide bonds. The Bertz CT molecular complexity index is 876. The second kappa shape index (κ2) is 9.04. The highest BCUT2D eigenvalue weighted by Gasteiger charge is 2.36. The fraction of sp³-hybridized carbons (Fsp3) is 0.455. The number of rotatable bonds is 6. The number of aromatic nitrogens is 1. The van der Waals surface area contributed by atoms with E-state index in [0.717, 1.165) is 30.2 Å². The molecule has 1 aliphatic heterocycles. The van der Waals surface area contributed by atoms with E-state index in [1.165, 1.54) is 13.0 Å². The number of amides is 1. The predicted molar refractivity (Wildman–Crippen MR) is 106 cm³/mol. The summed E-state index contributed by atoms with van der Waals surface area (Å²) in [5, 5.41) is 2.90. The van der Waals surface area contributed by atoms with Gasteiger partial charge in [-0.2, -0.15) is 13.2 Å². The molecule has 0 radical (unpaired) electrons. The summed E-state index contributed by atoms with van der Waals surface area (Å²) in [6.45, 7) is 5.40. The van der Waals surface area contributed by atoms with E-state index in [1.807, 2.05) is 31.2 Å². The van der Waals surface area contributed by atoms with Crippen LogP contribution in [0.15, 0.2) is 36.4 Å². The average molecular weight is 422 g/mol. The van der Waals surface area contributed by atoms with Crippen LogP contribution < -0.4 is 10.1 Å². The number of benzene rings is 1. The first kappa shape index (κ1) is 22.1. The number of nitrogens with zero attached hydrogens (tertiary/aromatic N) is 1. The minimum atomic E-state index is -4.54. The summed E-state index contributed by atoms with van der Waals surface area (Å²) in [7, 11) is 0. The fourth-order valence-electron chi connectivity index (χ4n) is 3.70. The van der Waals surface area contributed by atoms with E-state index in [2.05, 4.69) is 10.3 Å². The van der Waals surface area contributed by atoms with Crippen molar-refractivity contribution in [1.82, 2.24) is 10.3 Å². The van der Waals surface area contributed by atoms with Crippen molar-refractivity contribution in [2.75, 3.05) is 26.4 Å². The molecule has 8 heteroatoms. The van der Waals surface area contributed by atoms with Gasteiger partial charge in [-0.05, 0) is 56.5 Å².